The predicted octanol–water partition coefficient (Wildman–Crippen LogP) is 2.56. The fraction of sp³-hybridized carbons (Fsp3) is 0.333. The van der Waals surface area contributed by atoms with Gasteiger partial charge < -0.3 is 28.4 Å². The molecule has 2 atom stereocenters. The van der Waals surface area contributed by atoms with Crippen molar-refractivity contribution < 1.29 is 38.0 Å². The van der Waals surface area contributed by atoms with Crippen LogP contribution in [0.15, 0.2) is 24.3 Å². The van der Waals surface area contributed by atoms with Gasteiger partial charge in [0.05, 0.1) is 28.4 Å². The number of rotatable bonds is 5. The summed E-state index contributed by atoms with van der Waals surface area (Å²) in [6, 6.07) is 6.82. The lowest BCUT2D eigenvalue weighted by Gasteiger charge is -2.21. The molecule has 0 radical (unpaired) electrons. The molecule has 2 unspecified atom stereocenters. The number of benzene rings is 2. The van der Waals surface area contributed by atoms with Crippen molar-refractivity contribution in [3.05, 3.63) is 41.0 Å². The normalized spacial score (nSPS) is 19.0. The average Bonchev–Trinajstić information content (AvgIpc) is 3.32. The molecule has 2 aromatic rings. The van der Waals surface area contributed by atoms with E-state index in [2.05, 4.69) is 0 Å². The zero-order valence-electron chi connectivity index (χ0n) is 16.4. The summed E-state index contributed by atoms with van der Waals surface area (Å²) in [5, 5.41) is 0. The summed E-state index contributed by atoms with van der Waals surface area (Å²) in [6.07, 6.45) is 0. The molecule has 2 aromatic carbocycles. The minimum absolute atomic E-state index is 0.0850. The van der Waals surface area contributed by atoms with Gasteiger partial charge in [-0.1, -0.05) is 0 Å². The quantitative estimate of drug-likeness (QED) is 0.559. The van der Waals surface area contributed by atoms with Crippen LogP contribution in [0.3, 0.4) is 0 Å². The number of esters is 1. The first-order valence-electron chi connectivity index (χ1n) is 8.89. The van der Waals surface area contributed by atoms with E-state index in [1.807, 2.05) is 0 Å². The smallest absolute Gasteiger partial charge is 0.317 e. The Bertz CT molecular complexity index is 971. The Kier molecular flexibility index (Phi) is 4.70. The molecule has 8 heteroatoms. The van der Waals surface area contributed by atoms with Gasteiger partial charge in [-0.05, 0) is 35.4 Å². The van der Waals surface area contributed by atoms with Crippen molar-refractivity contribution >= 4 is 11.8 Å². The highest BCUT2D eigenvalue weighted by Crippen LogP contribution is 2.50. The van der Waals surface area contributed by atoms with Crippen molar-refractivity contribution in [1.29, 1.82) is 0 Å². The van der Waals surface area contributed by atoms with E-state index in [0.29, 0.717) is 45.4 Å². The lowest BCUT2D eigenvalue weighted by molar-refractivity contribution is -0.143. The molecule has 0 fully saturated rings. The van der Waals surface area contributed by atoms with Gasteiger partial charge in [0.2, 0.25) is 12.5 Å². The Morgan fingerprint density at radius 1 is 0.931 bits per heavy atom. The zero-order chi connectivity index (χ0) is 20.7. The lowest BCUT2D eigenvalue weighted by atomic mass is 9.85. The SMILES string of the molecule is COC(=O)C1C(=O)c2cc3c(cc2C1c1cc(OC)c(OC)c(OC)c1)OCO3. The first kappa shape index (κ1) is 18.9. The molecule has 0 saturated carbocycles. The van der Waals surface area contributed by atoms with E-state index in [0.717, 1.165) is 0 Å². The highest BCUT2D eigenvalue weighted by molar-refractivity contribution is 6.14. The Labute approximate surface area is 167 Å². The molecule has 1 aliphatic carbocycles. The number of ether oxygens (including phenoxy) is 6. The largest absolute Gasteiger partial charge is 0.493 e. The summed E-state index contributed by atoms with van der Waals surface area (Å²) in [6.45, 7) is 0.0850. The van der Waals surface area contributed by atoms with Crippen LogP contribution in [0.5, 0.6) is 28.7 Å². The van der Waals surface area contributed by atoms with E-state index in [1.165, 1.54) is 28.4 Å². The highest BCUT2D eigenvalue weighted by Gasteiger charge is 2.47. The van der Waals surface area contributed by atoms with E-state index >= 15 is 0 Å². The molecule has 0 bridgehead atoms. The van der Waals surface area contributed by atoms with Gasteiger partial charge in [-0.15, -0.1) is 0 Å². The number of ketones is 1. The van der Waals surface area contributed by atoms with E-state index < -0.39 is 17.8 Å². The van der Waals surface area contributed by atoms with Crippen LogP contribution in [0, 0.1) is 5.92 Å². The van der Waals surface area contributed by atoms with Crippen molar-refractivity contribution in [2.24, 2.45) is 5.92 Å². The standard InChI is InChI=1S/C21H20O8/c1-24-15-5-10(6-16(25-2)20(15)26-3)17-11-7-13-14(29-9-28-13)8-12(11)19(22)18(17)21(23)27-4/h5-8,17-18H,9H2,1-4H3. The van der Waals surface area contributed by atoms with Gasteiger partial charge in [-0.25, -0.2) is 0 Å². The average molecular weight is 400 g/mol. The second-order valence-electron chi connectivity index (χ2n) is 6.59. The molecule has 0 aromatic heterocycles. The fourth-order valence-corrected chi connectivity index (χ4v) is 3.95. The van der Waals surface area contributed by atoms with Gasteiger partial charge in [-0.3, -0.25) is 9.59 Å². The van der Waals surface area contributed by atoms with E-state index in [4.69, 9.17) is 28.4 Å². The predicted molar refractivity (Wildman–Crippen MR) is 100 cm³/mol. The molecular weight excluding hydrogens is 380 g/mol. The van der Waals surface area contributed by atoms with Crippen molar-refractivity contribution in [2.75, 3.05) is 35.2 Å². The first-order valence-corrected chi connectivity index (χ1v) is 8.89. The van der Waals surface area contributed by atoms with Crippen molar-refractivity contribution in [3.8, 4) is 28.7 Å². The van der Waals surface area contributed by atoms with E-state index in [1.54, 1.807) is 24.3 Å². The highest BCUT2D eigenvalue weighted by atomic mass is 16.7. The van der Waals surface area contributed by atoms with E-state index in [-0.39, 0.29) is 12.6 Å². The van der Waals surface area contributed by atoms with Crippen LogP contribution < -0.4 is 23.7 Å². The second-order valence-corrected chi connectivity index (χ2v) is 6.59. The van der Waals surface area contributed by atoms with Crippen molar-refractivity contribution in [3.63, 3.8) is 0 Å². The van der Waals surface area contributed by atoms with Crippen LogP contribution >= 0.6 is 0 Å². The van der Waals surface area contributed by atoms with Crippen LogP contribution in [0.25, 0.3) is 0 Å². The lowest BCUT2D eigenvalue weighted by Crippen LogP contribution is -2.26. The molecule has 2 aliphatic rings. The van der Waals surface area contributed by atoms with Gasteiger partial charge in [0.25, 0.3) is 0 Å². The maximum atomic E-state index is 13.1. The van der Waals surface area contributed by atoms with Crippen molar-refractivity contribution in [2.45, 2.75) is 5.92 Å². The van der Waals surface area contributed by atoms with Gasteiger partial charge in [-0.2, -0.15) is 0 Å². The number of carbonyl (C=O) groups excluding carboxylic acids is 2. The molecule has 1 aliphatic heterocycles. The molecule has 0 saturated heterocycles. The minimum atomic E-state index is -1.04. The van der Waals surface area contributed by atoms with Crippen molar-refractivity contribution in [1.82, 2.24) is 0 Å². The number of methoxy groups -OCH3 is 4. The minimum Gasteiger partial charge on any atom is -0.493 e. The number of hydrogen-bond donors (Lipinski definition) is 0. The summed E-state index contributed by atoms with van der Waals surface area (Å²) >= 11 is 0. The van der Waals surface area contributed by atoms with Crippen LogP contribution in [-0.2, 0) is 9.53 Å². The number of hydrogen-bond acceptors (Lipinski definition) is 8. The Morgan fingerprint density at radius 3 is 2.10 bits per heavy atom. The maximum Gasteiger partial charge on any atom is 0.317 e. The van der Waals surface area contributed by atoms with Gasteiger partial charge in [0, 0.05) is 11.5 Å². The Hall–Kier alpha value is -3.42. The number of carbonyl (C=O) groups is 2. The summed E-state index contributed by atoms with van der Waals surface area (Å²) in [5.74, 6) is -0.321. The first-order chi connectivity index (χ1) is 14.0. The monoisotopic (exact) mass is 400 g/mol. The van der Waals surface area contributed by atoms with Crippen LogP contribution in [0.2, 0.25) is 0 Å². The second kappa shape index (κ2) is 7.20. The molecule has 152 valence electrons. The third-order valence-electron chi connectivity index (χ3n) is 5.26. The molecule has 4 rings (SSSR count). The summed E-state index contributed by atoms with van der Waals surface area (Å²) in [7, 11) is 5.78. The molecular formula is C21H20O8. The summed E-state index contributed by atoms with van der Waals surface area (Å²) in [5.41, 5.74) is 1.72. The summed E-state index contributed by atoms with van der Waals surface area (Å²) < 4.78 is 32.1. The molecule has 0 spiro atoms. The van der Waals surface area contributed by atoms with Gasteiger partial charge in [0.15, 0.2) is 28.8 Å². The number of Topliss-reactive ketones (excluding diaryl/α,β-unsaturated/α-hetero) is 1. The molecule has 29 heavy (non-hydrogen) atoms. The molecule has 1 heterocycles. The van der Waals surface area contributed by atoms with Crippen LogP contribution in [0.4, 0.5) is 0 Å². The molecule has 0 amide bonds. The zero-order valence-corrected chi connectivity index (χ0v) is 16.4. The number of fused-ring (bicyclic) bond motifs is 2. The topological polar surface area (TPSA) is 89.5 Å². The third-order valence-corrected chi connectivity index (χ3v) is 5.26. The van der Waals surface area contributed by atoms with E-state index in [9.17, 15) is 9.59 Å². The molecule has 8 nitrogen and oxygen atoms in total. The maximum absolute atomic E-state index is 13.1. The fourth-order valence-electron chi connectivity index (χ4n) is 3.95. The van der Waals surface area contributed by atoms with Gasteiger partial charge >= 0.3 is 5.97 Å². The van der Waals surface area contributed by atoms with Crippen LogP contribution in [-0.4, -0.2) is 47.0 Å². The Morgan fingerprint density at radius 2 is 1.55 bits per heavy atom. The molecule has 0 N–H and O–H groups in total. The van der Waals surface area contributed by atoms with Crippen LogP contribution in [0.1, 0.15) is 27.4 Å². The Balaban J connectivity index is 1.93. The third kappa shape index (κ3) is 2.83. The van der Waals surface area contributed by atoms with Gasteiger partial charge in [0.1, 0.15) is 5.92 Å². The summed E-state index contributed by atoms with van der Waals surface area (Å²) in [4.78, 5) is 25.7.